The Kier molecular flexibility index (Phi) is 5.07. The molecule has 0 radical (unpaired) electrons. The molecule has 1 heterocycles. The molecule has 0 bridgehead atoms. The molecule has 2 rings (SSSR count). The largest absolute Gasteiger partial charge is 0.493 e. The summed E-state index contributed by atoms with van der Waals surface area (Å²) < 4.78 is 6.72. The molecule has 5 heteroatoms. The molecular formula is C15H23BrN2O2. The molecule has 112 valence electrons. The van der Waals surface area contributed by atoms with E-state index in [2.05, 4.69) is 27.3 Å². The lowest BCUT2D eigenvalue weighted by atomic mass is 9.99. The van der Waals surface area contributed by atoms with E-state index >= 15 is 0 Å². The highest BCUT2D eigenvalue weighted by atomic mass is 79.9. The van der Waals surface area contributed by atoms with Crippen LogP contribution >= 0.6 is 15.9 Å². The predicted octanol–water partition coefficient (Wildman–Crippen LogP) is 2.17. The van der Waals surface area contributed by atoms with Crippen molar-refractivity contribution in [3.8, 4) is 5.75 Å². The van der Waals surface area contributed by atoms with Crippen molar-refractivity contribution in [2.24, 2.45) is 0 Å². The molecule has 2 N–H and O–H groups in total. The minimum absolute atomic E-state index is 0.227. The summed E-state index contributed by atoms with van der Waals surface area (Å²) in [6.45, 7) is 3.76. The Bertz CT molecular complexity index is 463. The molecule has 0 saturated carbocycles. The van der Waals surface area contributed by atoms with Crippen LogP contribution in [0.15, 0.2) is 22.7 Å². The van der Waals surface area contributed by atoms with E-state index in [1.54, 1.807) is 0 Å². The van der Waals surface area contributed by atoms with E-state index in [0.717, 1.165) is 22.2 Å². The highest BCUT2D eigenvalue weighted by molar-refractivity contribution is 9.10. The van der Waals surface area contributed by atoms with Gasteiger partial charge in [0.15, 0.2) is 0 Å². The number of fused-ring (bicyclic) bond motifs is 1. The van der Waals surface area contributed by atoms with Gasteiger partial charge in [0.05, 0.1) is 12.2 Å². The van der Waals surface area contributed by atoms with E-state index in [4.69, 9.17) is 4.74 Å². The highest BCUT2D eigenvalue weighted by Crippen LogP contribution is 2.34. The van der Waals surface area contributed by atoms with E-state index in [1.165, 1.54) is 0 Å². The number of benzene rings is 1. The van der Waals surface area contributed by atoms with E-state index in [-0.39, 0.29) is 6.04 Å². The molecule has 1 aliphatic rings. The Hall–Kier alpha value is -0.620. The average Bonchev–Trinajstić information content (AvgIpc) is 2.35. The first kappa shape index (κ1) is 15.8. The highest BCUT2D eigenvalue weighted by Gasteiger charge is 2.26. The SMILES string of the molecule is CN(C)CC(C)(O)CNC1CCOc2ccc(Br)cc21. The Morgan fingerprint density at radius 1 is 1.50 bits per heavy atom. The molecule has 0 aliphatic carbocycles. The molecule has 1 aromatic rings. The molecule has 1 aromatic carbocycles. The lowest BCUT2D eigenvalue weighted by molar-refractivity contribution is 0.0299. The number of nitrogens with one attached hydrogen (secondary N) is 1. The first-order chi connectivity index (χ1) is 9.37. The van der Waals surface area contributed by atoms with Gasteiger partial charge in [-0.15, -0.1) is 0 Å². The summed E-state index contributed by atoms with van der Waals surface area (Å²) in [6.07, 6.45) is 0.918. The lowest BCUT2D eigenvalue weighted by Crippen LogP contribution is -2.46. The van der Waals surface area contributed by atoms with Gasteiger partial charge in [-0.25, -0.2) is 0 Å². The number of hydrogen-bond donors (Lipinski definition) is 2. The van der Waals surface area contributed by atoms with Crippen molar-refractivity contribution in [1.29, 1.82) is 0 Å². The van der Waals surface area contributed by atoms with Crippen molar-refractivity contribution in [3.63, 3.8) is 0 Å². The summed E-state index contributed by atoms with van der Waals surface area (Å²) in [4.78, 5) is 2.00. The van der Waals surface area contributed by atoms with Crippen LogP contribution < -0.4 is 10.1 Å². The van der Waals surface area contributed by atoms with Crippen molar-refractivity contribution in [3.05, 3.63) is 28.2 Å². The zero-order valence-corrected chi connectivity index (χ0v) is 13.9. The molecule has 0 aromatic heterocycles. The number of halogens is 1. The summed E-state index contributed by atoms with van der Waals surface area (Å²) in [5, 5.41) is 13.8. The van der Waals surface area contributed by atoms with Crippen molar-refractivity contribution in [2.45, 2.75) is 25.0 Å². The van der Waals surface area contributed by atoms with Gasteiger partial charge in [0.2, 0.25) is 0 Å². The van der Waals surface area contributed by atoms with Crippen LogP contribution in [0.3, 0.4) is 0 Å². The van der Waals surface area contributed by atoms with Gasteiger partial charge < -0.3 is 20.1 Å². The fourth-order valence-electron chi connectivity index (χ4n) is 2.66. The van der Waals surface area contributed by atoms with Crippen LogP contribution in [-0.4, -0.2) is 49.4 Å². The number of hydrogen-bond acceptors (Lipinski definition) is 4. The average molecular weight is 343 g/mol. The predicted molar refractivity (Wildman–Crippen MR) is 84.2 cm³/mol. The fraction of sp³-hybridized carbons (Fsp3) is 0.600. The summed E-state index contributed by atoms with van der Waals surface area (Å²) in [5.41, 5.74) is 0.417. The minimum Gasteiger partial charge on any atom is -0.493 e. The van der Waals surface area contributed by atoms with Gasteiger partial charge in [0.25, 0.3) is 0 Å². The van der Waals surface area contributed by atoms with Crippen LogP contribution in [0.25, 0.3) is 0 Å². The lowest BCUT2D eigenvalue weighted by Gasteiger charge is -2.32. The number of aliphatic hydroxyl groups is 1. The third kappa shape index (κ3) is 4.19. The Morgan fingerprint density at radius 2 is 2.25 bits per heavy atom. The third-order valence-corrected chi connectivity index (χ3v) is 3.89. The van der Waals surface area contributed by atoms with Gasteiger partial charge in [-0.05, 0) is 39.2 Å². The van der Waals surface area contributed by atoms with Crippen LogP contribution in [0.4, 0.5) is 0 Å². The van der Waals surface area contributed by atoms with E-state index in [0.29, 0.717) is 19.7 Å². The number of nitrogens with zero attached hydrogens (tertiary/aromatic N) is 1. The minimum atomic E-state index is -0.742. The van der Waals surface area contributed by atoms with Crippen LogP contribution in [0.5, 0.6) is 5.75 Å². The van der Waals surface area contributed by atoms with Crippen molar-refractivity contribution in [2.75, 3.05) is 33.8 Å². The van der Waals surface area contributed by atoms with Gasteiger partial charge in [-0.2, -0.15) is 0 Å². The van der Waals surface area contributed by atoms with Crippen molar-refractivity contribution >= 4 is 15.9 Å². The Morgan fingerprint density at radius 3 is 2.95 bits per heavy atom. The van der Waals surface area contributed by atoms with Crippen molar-refractivity contribution in [1.82, 2.24) is 10.2 Å². The molecular weight excluding hydrogens is 320 g/mol. The maximum absolute atomic E-state index is 10.4. The van der Waals surface area contributed by atoms with Crippen LogP contribution in [-0.2, 0) is 0 Å². The number of likely N-dealkylation sites (N-methyl/N-ethyl adjacent to an activating group) is 1. The van der Waals surface area contributed by atoms with E-state index in [9.17, 15) is 5.11 Å². The van der Waals surface area contributed by atoms with Crippen LogP contribution in [0.2, 0.25) is 0 Å². The molecule has 20 heavy (non-hydrogen) atoms. The third-order valence-electron chi connectivity index (χ3n) is 3.40. The topological polar surface area (TPSA) is 44.7 Å². The van der Waals surface area contributed by atoms with Gasteiger partial charge in [-0.3, -0.25) is 0 Å². The van der Waals surface area contributed by atoms with Gasteiger partial charge in [0, 0.05) is 35.6 Å². The Balaban J connectivity index is 2.03. The standard InChI is InChI=1S/C15H23BrN2O2/c1-15(19,10-18(2)3)9-17-13-6-7-20-14-5-4-11(16)8-12(13)14/h4-5,8,13,17,19H,6-7,9-10H2,1-3H3. The fourth-order valence-corrected chi connectivity index (χ4v) is 3.04. The summed E-state index contributed by atoms with van der Waals surface area (Å²) in [6, 6.07) is 6.30. The number of rotatable bonds is 5. The maximum atomic E-state index is 10.4. The van der Waals surface area contributed by atoms with Gasteiger partial charge in [-0.1, -0.05) is 15.9 Å². The second kappa shape index (κ2) is 6.43. The molecule has 0 spiro atoms. The quantitative estimate of drug-likeness (QED) is 0.860. The summed E-state index contributed by atoms with van der Waals surface area (Å²) >= 11 is 3.50. The molecule has 0 saturated heterocycles. The molecule has 2 atom stereocenters. The van der Waals surface area contributed by atoms with Gasteiger partial charge >= 0.3 is 0 Å². The second-order valence-electron chi connectivity index (χ2n) is 5.99. The summed E-state index contributed by atoms with van der Waals surface area (Å²) in [7, 11) is 3.94. The molecule has 4 nitrogen and oxygen atoms in total. The Labute approximate surface area is 129 Å². The molecule has 2 unspecified atom stereocenters. The maximum Gasteiger partial charge on any atom is 0.124 e. The first-order valence-corrected chi connectivity index (χ1v) is 7.69. The van der Waals surface area contributed by atoms with E-state index < -0.39 is 5.60 Å². The normalized spacial score (nSPS) is 21.2. The number of ether oxygens (including phenoxy) is 1. The summed E-state index contributed by atoms with van der Waals surface area (Å²) in [5.74, 6) is 0.934. The zero-order valence-electron chi connectivity index (χ0n) is 12.3. The first-order valence-electron chi connectivity index (χ1n) is 6.90. The monoisotopic (exact) mass is 342 g/mol. The molecule has 0 fully saturated rings. The zero-order chi connectivity index (χ0) is 14.8. The van der Waals surface area contributed by atoms with Crippen LogP contribution in [0.1, 0.15) is 24.9 Å². The molecule has 0 amide bonds. The van der Waals surface area contributed by atoms with Gasteiger partial charge in [0.1, 0.15) is 5.75 Å². The van der Waals surface area contributed by atoms with E-state index in [1.807, 2.05) is 38.1 Å². The molecule has 1 aliphatic heterocycles. The van der Waals surface area contributed by atoms with Crippen molar-refractivity contribution < 1.29 is 9.84 Å². The van der Waals surface area contributed by atoms with Crippen LogP contribution in [0, 0.1) is 0 Å². The second-order valence-corrected chi connectivity index (χ2v) is 6.90. The smallest absolute Gasteiger partial charge is 0.124 e.